The Morgan fingerprint density at radius 3 is 2.59 bits per heavy atom. The number of aryl methyl sites for hydroxylation is 1. The smallest absolute Gasteiger partial charge is 0.168 e. The summed E-state index contributed by atoms with van der Waals surface area (Å²) in [6.07, 6.45) is 3.74. The van der Waals surface area contributed by atoms with Crippen LogP contribution in [0.4, 0.5) is 4.39 Å². The van der Waals surface area contributed by atoms with E-state index in [1.807, 2.05) is 13.8 Å². The van der Waals surface area contributed by atoms with Crippen LogP contribution in [0.5, 0.6) is 0 Å². The van der Waals surface area contributed by atoms with Crippen molar-refractivity contribution in [1.82, 2.24) is 0 Å². The Morgan fingerprint density at radius 1 is 1.35 bits per heavy atom. The molecule has 1 unspecified atom stereocenters. The third kappa shape index (κ3) is 3.65. The van der Waals surface area contributed by atoms with E-state index in [4.69, 9.17) is 0 Å². The van der Waals surface area contributed by atoms with Gasteiger partial charge in [-0.1, -0.05) is 32.8 Å². The van der Waals surface area contributed by atoms with E-state index in [1.54, 1.807) is 12.1 Å². The highest BCUT2D eigenvalue weighted by Gasteiger charge is 2.20. The normalized spacial score (nSPS) is 12.5. The number of rotatable bonds is 6. The SMILES string of the molecule is CCCCC(CC)C(=O)c1ccc(C)cc1F. The van der Waals surface area contributed by atoms with Crippen molar-refractivity contribution < 1.29 is 9.18 Å². The highest BCUT2D eigenvalue weighted by atomic mass is 19.1. The molecule has 0 saturated carbocycles. The first-order chi connectivity index (χ1) is 8.10. The Labute approximate surface area is 103 Å². The van der Waals surface area contributed by atoms with Gasteiger partial charge in [-0.25, -0.2) is 4.39 Å². The highest BCUT2D eigenvalue weighted by molar-refractivity contribution is 5.98. The highest BCUT2D eigenvalue weighted by Crippen LogP contribution is 2.21. The van der Waals surface area contributed by atoms with Gasteiger partial charge < -0.3 is 0 Å². The largest absolute Gasteiger partial charge is 0.294 e. The third-order valence-electron chi connectivity index (χ3n) is 3.16. The molecule has 0 heterocycles. The van der Waals surface area contributed by atoms with Gasteiger partial charge in [0, 0.05) is 5.92 Å². The van der Waals surface area contributed by atoms with Crippen LogP contribution in [0.1, 0.15) is 55.5 Å². The Balaban J connectivity index is 2.86. The molecule has 0 saturated heterocycles. The van der Waals surface area contributed by atoms with Crippen LogP contribution in [0.25, 0.3) is 0 Å². The fraction of sp³-hybridized carbons (Fsp3) is 0.533. The van der Waals surface area contributed by atoms with E-state index in [2.05, 4.69) is 6.92 Å². The average Bonchev–Trinajstić information content (AvgIpc) is 2.29. The second-order valence-corrected chi connectivity index (χ2v) is 4.59. The maximum absolute atomic E-state index is 13.7. The van der Waals surface area contributed by atoms with Gasteiger partial charge in [0.25, 0.3) is 0 Å². The fourth-order valence-electron chi connectivity index (χ4n) is 2.01. The standard InChI is InChI=1S/C15H21FO/c1-4-6-7-12(5-2)15(17)13-9-8-11(3)10-14(13)16/h8-10,12H,4-7H2,1-3H3. The molecule has 1 rings (SSSR count). The quantitative estimate of drug-likeness (QED) is 0.663. The van der Waals surface area contributed by atoms with Crippen LogP contribution in [0.15, 0.2) is 18.2 Å². The summed E-state index contributed by atoms with van der Waals surface area (Å²) in [6, 6.07) is 4.84. The average molecular weight is 236 g/mol. The van der Waals surface area contributed by atoms with Gasteiger partial charge in [0.05, 0.1) is 5.56 Å². The summed E-state index contributed by atoms with van der Waals surface area (Å²) in [4.78, 5) is 12.2. The van der Waals surface area contributed by atoms with Crippen molar-refractivity contribution in [2.45, 2.75) is 46.5 Å². The molecular weight excluding hydrogens is 215 g/mol. The first-order valence-corrected chi connectivity index (χ1v) is 6.40. The van der Waals surface area contributed by atoms with E-state index >= 15 is 0 Å². The number of carbonyl (C=O) groups is 1. The van der Waals surface area contributed by atoms with Crippen LogP contribution in [-0.4, -0.2) is 5.78 Å². The van der Waals surface area contributed by atoms with Gasteiger partial charge in [-0.05, 0) is 37.5 Å². The molecule has 0 bridgehead atoms. The number of unbranched alkanes of at least 4 members (excludes halogenated alkanes) is 1. The van der Waals surface area contributed by atoms with Crippen LogP contribution in [0, 0.1) is 18.7 Å². The maximum Gasteiger partial charge on any atom is 0.168 e. The summed E-state index contributed by atoms with van der Waals surface area (Å²) >= 11 is 0. The van der Waals surface area contributed by atoms with Gasteiger partial charge in [0.1, 0.15) is 5.82 Å². The topological polar surface area (TPSA) is 17.1 Å². The Kier molecular flexibility index (Phi) is 5.33. The number of benzene rings is 1. The van der Waals surface area contributed by atoms with E-state index in [9.17, 15) is 9.18 Å². The first kappa shape index (κ1) is 13.9. The first-order valence-electron chi connectivity index (χ1n) is 6.40. The number of hydrogen-bond donors (Lipinski definition) is 0. The molecule has 0 amide bonds. The molecule has 0 radical (unpaired) electrons. The van der Waals surface area contributed by atoms with Crippen LogP contribution < -0.4 is 0 Å². The molecule has 1 aromatic rings. The van der Waals surface area contributed by atoms with Crippen LogP contribution in [0.2, 0.25) is 0 Å². The van der Waals surface area contributed by atoms with E-state index < -0.39 is 0 Å². The molecule has 1 atom stereocenters. The van der Waals surface area contributed by atoms with Crippen molar-refractivity contribution >= 4 is 5.78 Å². The van der Waals surface area contributed by atoms with E-state index in [0.717, 1.165) is 31.2 Å². The van der Waals surface area contributed by atoms with E-state index in [1.165, 1.54) is 6.07 Å². The fourth-order valence-corrected chi connectivity index (χ4v) is 2.01. The summed E-state index contributed by atoms with van der Waals surface area (Å²) < 4.78 is 13.7. The Bertz CT molecular complexity index is 385. The predicted molar refractivity (Wildman–Crippen MR) is 68.8 cm³/mol. The molecule has 0 aliphatic rings. The predicted octanol–water partition coefficient (Wildman–Crippen LogP) is 4.53. The summed E-state index contributed by atoms with van der Waals surface area (Å²) in [5.74, 6) is -0.462. The minimum Gasteiger partial charge on any atom is -0.294 e. The zero-order valence-electron chi connectivity index (χ0n) is 10.9. The summed E-state index contributed by atoms with van der Waals surface area (Å²) in [7, 11) is 0. The molecule has 0 fully saturated rings. The molecule has 0 aliphatic carbocycles. The monoisotopic (exact) mass is 236 g/mol. The third-order valence-corrected chi connectivity index (χ3v) is 3.16. The molecule has 1 aromatic carbocycles. The van der Waals surface area contributed by atoms with E-state index in [-0.39, 0.29) is 23.1 Å². The van der Waals surface area contributed by atoms with Gasteiger partial charge in [0.15, 0.2) is 5.78 Å². The van der Waals surface area contributed by atoms with Crippen molar-refractivity contribution in [3.8, 4) is 0 Å². The lowest BCUT2D eigenvalue weighted by molar-refractivity contribution is 0.0904. The minimum absolute atomic E-state index is 0.0350. The molecule has 17 heavy (non-hydrogen) atoms. The van der Waals surface area contributed by atoms with E-state index in [0.29, 0.717) is 0 Å². The van der Waals surface area contributed by atoms with Crippen LogP contribution in [0.3, 0.4) is 0 Å². The zero-order valence-corrected chi connectivity index (χ0v) is 10.9. The summed E-state index contributed by atoms with van der Waals surface area (Å²) in [6.45, 7) is 5.92. The molecule has 2 heteroatoms. The zero-order chi connectivity index (χ0) is 12.8. The van der Waals surface area contributed by atoms with Crippen molar-refractivity contribution in [3.05, 3.63) is 35.1 Å². The number of halogens is 1. The van der Waals surface area contributed by atoms with Crippen LogP contribution in [-0.2, 0) is 0 Å². The number of Topliss-reactive ketones (excluding diaryl/α,β-unsaturated/α-hetero) is 1. The van der Waals surface area contributed by atoms with Crippen molar-refractivity contribution in [3.63, 3.8) is 0 Å². The van der Waals surface area contributed by atoms with Crippen LogP contribution >= 0.6 is 0 Å². The molecule has 0 N–H and O–H groups in total. The van der Waals surface area contributed by atoms with Gasteiger partial charge in [-0.15, -0.1) is 0 Å². The van der Waals surface area contributed by atoms with Gasteiger partial charge in [-0.2, -0.15) is 0 Å². The van der Waals surface area contributed by atoms with Crippen molar-refractivity contribution in [2.24, 2.45) is 5.92 Å². The van der Waals surface area contributed by atoms with Gasteiger partial charge >= 0.3 is 0 Å². The lowest BCUT2D eigenvalue weighted by Gasteiger charge is -2.13. The Morgan fingerprint density at radius 2 is 2.06 bits per heavy atom. The Hall–Kier alpha value is -1.18. The van der Waals surface area contributed by atoms with Gasteiger partial charge in [-0.3, -0.25) is 4.79 Å². The van der Waals surface area contributed by atoms with Crippen molar-refractivity contribution in [2.75, 3.05) is 0 Å². The molecule has 1 nitrogen and oxygen atoms in total. The summed E-state index contributed by atoms with van der Waals surface area (Å²) in [5.41, 5.74) is 1.10. The molecule has 0 aromatic heterocycles. The lowest BCUT2D eigenvalue weighted by atomic mass is 9.90. The van der Waals surface area contributed by atoms with Crippen molar-refractivity contribution in [1.29, 1.82) is 0 Å². The second-order valence-electron chi connectivity index (χ2n) is 4.59. The number of carbonyl (C=O) groups excluding carboxylic acids is 1. The molecular formula is C15H21FO. The van der Waals surface area contributed by atoms with Gasteiger partial charge in [0.2, 0.25) is 0 Å². The second kappa shape index (κ2) is 6.53. The molecule has 94 valence electrons. The number of hydrogen-bond acceptors (Lipinski definition) is 1. The maximum atomic E-state index is 13.7. The molecule has 0 spiro atoms. The summed E-state index contributed by atoms with van der Waals surface area (Å²) in [5, 5.41) is 0. The number of ketones is 1. The molecule has 0 aliphatic heterocycles. The lowest BCUT2D eigenvalue weighted by Crippen LogP contribution is -2.15. The minimum atomic E-state index is -0.384.